The van der Waals surface area contributed by atoms with Crippen LogP contribution >= 0.6 is 34.4 Å². The van der Waals surface area contributed by atoms with Crippen LogP contribution in [0.4, 0.5) is 10.8 Å². The minimum absolute atomic E-state index is 0.0832. The zero-order chi connectivity index (χ0) is 22.2. The van der Waals surface area contributed by atoms with Gasteiger partial charge in [-0.3, -0.25) is 14.4 Å². The molecular weight excluding hydrogens is 454 g/mol. The summed E-state index contributed by atoms with van der Waals surface area (Å²) in [7, 11) is 0. The van der Waals surface area contributed by atoms with Crippen LogP contribution in [0.5, 0.6) is 0 Å². The Kier molecular flexibility index (Phi) is 8.21. The van der Waals surface area contributed by atoms with Crippen molar-refractivity contribution in [3.63, 3.8) is 0 Å². The predicted octanol–water partition coefficient (Wildman–Crippen LogP) is 4.68. The Balaban J connectivity index is 1.50. The number of amides is 2. The van der Waals surface area contributed by atoms with E-state index in [9.17, 15) is 14.4 Å². The third-order valence-electron chi connectivity index (χ3n) is 3.95. The third-order valence-corrected chi connectivity index (χ3v) is 6.74. The van der Waals surface area contributed by atoms with E-state index in [2.05, 4.69) is 15.6 Å². The Morgan fingerprint density at radius 3 is 2.58 bits per heavy atom. The van der Waals surface area contributed by atoms with Gasteiger partial charge in [-0.15, -0.1) is 34.4 Å². The lowest BCUT2D eigenvalue weighted by Crippen LogP contribution is -2.22. The smallest absolute Gasteiger partial charge is 0.311 e. The van der Waals surface area contributed by atoms with Gasteiger partial charge in [-0.2, -0.15) is 0 Å². The van der Waals surface area contributed by atoms with E-state index in [1.54, 1.807) is 37.4 Å². The molecule has 1 aromatic carbocycles. The van der Waals surface area contributed by atoms with Crippen LogP contribution in [0.3, 0.4) is 0 Å². The van der Waals surface area contributed by atoms with E-state index < -0.39 is 0 Å². The normalized spacial score (nSPS) is 11.5. The van der Waals surface area contributed by atoms with Gasteiger partial charge in [-0.25, -0.2) is 4.98 Å². The number of benzene rings is 1. The minimum atomic E-state index is -0.357. The van der Waals surface area contributed by atoms with Gasteiger partial charge in [0.1, 0.15) is 0 Å². The first-order chi connectivity index (χ1) is 14.9. The summed E-state index contributed by atoms with van der Waals surface area (Å²) in [5, 5.41) is 9.30. The zero-order valence-corrected chi connectivity index (χ0v) is 19.4. The molecule has 0 spiro atoms. The Labute approximate surface area is 192 Å². The van der Waals surface area contributed by atoms with Gasteiger partial charge in [-0.05, 0) is 49.6 Å². The topological polar surface area (TPSA) is 97.4 Å². The van der Waals surface area contributed by atoms with E-state index >= 15 is 0 Å². The first-order valence-corrected chi connectivity index (χ1v) is 12.1. The third kappa shape index (κ3) is 6.91. The molecule has 0 aliphatic heterocycles. The van der Waals surface area contributed by atoms with Crippen molar-refractivity contribution in [1.82, 2.24) is 4.98 Å². The number of thiophene rings is 1. The summed E-state index contributed by atoms with van der Waals surface area (Å²) in [5.74, 6) is -0.671. The maximum absolute atomic E-state index is 12.5. The lowest BCUT2D eigenvalue weighted by atomic mass is 10.3. The molecule has 0 saturated heterocycles. The first-order valence-electron chi connectivity index (χ1n) is 9.47. The van der Waals surface area contributed by atoms with Gasteiger partial charge in [-0.1, -0.05) is 6.07 Å². The molecule has 1 unspecified atom stereocenters. The van der Waals surface area contributed by atoms with Crippen molar-refractivity contribution in [2.45, 2.75) is 30.4 Å². The Morgan fingerprint density at radius 2 is 1.90 bits per heavy atom. The van der Waals surface area contributed by atoms with Gasteiger partial charge < -0.3 is 15.4 Å². The average Bonchev–Trinajstić information content (AvgIpc) is 3.42. The monoisotopic (exact) mass is 475 g/mol. The summed E-state index contributed by atoms with van der Waals surface area (Å²) in [6.45, 7) is 3.88. The molecule has 0 bridgehead atoms. The molecule has 0 radical (unpaired) electrons. The number of nitrogens with one attached hydrogen (secondary N) is 2. The summed E-state index contributed by atoms with van der Waals surface area (Å²) >= 11 is 4.05. The van der Waals surface area contributed by atoms with E-state index in [0.717, 1.165) is 4.90 Å². The standard InChI is InChI=1S/C21H21N3O4S3/c1-3-28-18(25)11-15-12-30-21(23-15)24-19(26)13(2)31-16-8-6-14(7-9-16)22-20(27)17-5-4-10-29-17/h4-10,12-13H,3,11H2,1-2H3,(H,22,27)(H,23,24,26). The molecule has 2 N–H and O–H groups in total. The highest BCUT2D eigenvalue weighted by Gasteiger charge is 2.17. The molecule has 0 aliphatic carbocycles. The molecule has 3 rings (SSSR count). The number of esters is 1. The van der Waals surface area contributed by atoms with Crippen molar-refractivity contribution in [2.24, 2.45) is 0 Å². The van der Waals surface area contributed by atoms with Crippen LogP contribution in [0.15, 0.2) is 52.1 Å². The van der Waals surface area contributed by atoms with Gasteiger partial charge in [0.05, 0.1) is 28.8 Å². The Hall–Kier alpha value is -2.69. The maximum atomic E-state index is 12.5. The van der Waals surface area contributed by atoms with Crippen LogP contribution in [0.1, 0.15) is 29.2 Å². The van der Waals surface area contributed by atoms with Crippen molar-refractivity contribution in [1.29, 1.82) is 0 Å². The lowest BCUT2D eigenvalue weighted by Gasteiger charge is -2.11. The molecule has 162 valence electrons. The number of carbonyl (C=O) groups excluding carboxylic acids is 3. The number of nitrogens with zero attached hydrogens (tertiary/aromatic N) is 1. The highest BCUT2D eigenvalue weighted by atomic mass is 32.2. The summed E-state index contributed by atoms with van der Waals surface area (Å²) in [4.78, 5) is 41.9. The predicted molar refractivity (Wildman–Crippen MR) is 125 cm³/mol. The number of rotatable bonds is 9. The van der Waals surface area contributed by atoms with Crippen molar-refractivity contribution < 1.29 is 19.1 Å². The molecule has 2 heterocycles. The summed E-state index contributed by atoms with van der Waals surface area (Å²) < 4.78 is 4.90. The largest absolute Gasteiger partial charge is 0.466 e. The summed E-state index contributed by atoms with van der Waals surface area (Å²) in [6, 6.07) is 10.9. The van der Waals surface area contributed by atoms with E-state index in [-0.39, 0.29) is 29.5 Å². The number of carbonyl (C=O) groups is 3. The van der Waals surface area contributed by atoms with Gasteiger partial charge in [0.2, 0.25) is 5.91 Å². The average molecular weight is 476 g/mol. The molecule has 0 fully saturated rings. The lowest BCUT2D eigenvalue weighted by molar-refractivity contribution is -0.142. The molecule has 10 heteroatoms. The Morgan fingerprint density at radius 1 is 1.13 bits per heavy atom. The zero-order valence-electron chi connectivity index (χ0n) is 16.9. The number of thiazole rings is 1. The molecule has 2 aromatic heterocycles. The first kappa shape index (κ1) is 23.0. The second-order valence-corrected chi connectivity index (χ2v) is 9.55. The Bertz CT molecular complexity index is 1030. The highest BCUT2D eigenvalue weighted by Crippen LogP contribution is 2.26. The highest BCUT2D eigenvalue weighted by molar-refractivity contribution is 8.00. The molecule has 0 aliphatic rings. The SMILES string of the molecule is CCOC(=O)Cc1csc(NC(=O)C(C)Sc2ccc(NC(=O)c3cccs3)cc2)n1. The van der Waals surface area contributed by atoms with Gasteiger partial charge in [0.15, 0.2) is 5.13 Å². The fraction of sp³-hybridized carbons (Fsp3) is 0.238. The molecule has 7 nitrogen and oxygen atoms in total. The maximum Gasteiger partial charge on any atom is 0.311 e. The summed E-state index contributed by atoms with van der Waals surface area (Å²) in [6.07, 6.45) is 0.0832. The number of anilines is 2. The van der Waals surface area contributed by atoms with Gasteiger partial charge >= 0.3 is 5.97 Å². The van der Waals surface area contributed by atoms with Crippen molar-refractivity contribution in [2.75, 3.05) is 17.2 Å². The van der Waals surface area contributed by atoms with Crippen molar-refractivity contribution >= 4 is 63.0 Å². The van der Waals surface area contributed by atoms with Crippen LogP contribution in [-0.4, -0.2) is 34.6 Å². The molecule has 1 atom stereocenters. The fourth-order valence-electron chi connectivity index (χ4n) is 2.49. The van der Waals surface area contributed by atoms with E-state index in [4.69, 9.17) is 4.74 Å². The van der Waals surface area contributed by atoms with E-state index in [0.29, 0.717) is 28.0 Å². The van der Waals surface area contributed by atoms with Crippen LogP contribution in [0.25, 0.3) is 0 Å². The van der Waals surface area contributed by atoms with Crippen LogP contribution < -0.4 is 10.6 Å². The quantitative estimate of drug-likeness (QED) is 0.344. The second kappa shape index (κ2) is 11.1. The second-order valence-electron chi connectivity index (χ2n) is 6.33. The number of ether oxygens (including phenoxy) is 1. The van der Waals surface area contributed by atoms with E-state index in [1.165, 1.54) is 34.4 Å². The molecule has 0 saturated carbocycles. The molecule has 3 aromatic rings. The number of thioether (sulfide) groups is 1. The molecule has 31 heavy (non-hydrogen) atoms. The van der Waals surface area contributed by atoms with Crippen molar-refractivity contribution in [3.05, 3.63) is 57.7 Å². The molecule has 2 amide bonds. The van der Waals surface area contributed by atoms with Crippen LogP contribution in [0.2, 0.25) is 0 Å². The number of hydrogen-bond donors (Lipinski definition) is 2. The van der Waals surface area contributed by atoms with Crippen molar-refractivity contribution in [3.8, 4) is 0 Å². The fourth-order valence-corrected chi connectivity index (χ4v) is 4.69. The van der Waals surface area contributed by atoms with E-state index in [1.807, 2.05) is 23.6 Å². The summed E-state index contributed by atoms with van der Waals surface area (Å²) in [5.41, 5.74) is 1.26. The number of hydrogen-bond acceptors (Lipinski definition) is 8. The van der Waals surface area contributed by atoms with Gasteiger partial charge in [0.25, 0.3) is 5.91 Å². The van der Waals surface area contributed by atoms with Crippen LogP contribution in [0, 0.1) is 0 Å². The van der Waals surface area contributed by atoms with Crippen LogP contribution in [-0.2, 0) is 20.7 Å². The van der Waals surface area contributed by atoms with Gasteiger partial charge in [0, 0.05) is 16.0 Å². The minimum Gasteiger partial charge on any atom is -0.466 e. The number of aromatic nitrogens is 1. The molecular formula is C21H21N3O4S3.